The minimum Gasteiger partial charge on any atom is -0.409 e. The van der Waals surface area contributed by atoms with Gasteiger partial charge in [-0.15, -0.1) is 0 Å². The first kappa shape index (κ1) is 13.3. The fourth-order valence-corrected chi connectivity index (χ4v) is 2.38. The summed E-state index contributed by atoms with van der Waals surface area (Å²) < 4.78 is 0. The second-order valence-corrected chi connectivity index (χ2v) is 5.11. The molecule has 0 radical (unpaired) electrons. The highest BCUT2D eigenvalue weighted by Gasteiger charge is 2.20. The molecule has 0 aromatic carbocycles. The first-order valence-electron chi connectivity index (χ1n) is 6.33. The first-order valence-corrected chi connectivity index (χ1v) is 6.33. The molecular formula is C12H25N3O. The van der Waals surface area contributed by atoms with E-state index in [1.807, 2.05) is 6.92 Å². The summed E-state index contributed by atoms with van der Waals surface area (Å²) >= 11 is 0. The predicted molar refractivity (Wildman–Crippen MR) is 66.6 cm³/mol. The average Bonchev–Trinajstić information content (AvgIpc) is 2.30. The van der Waals surface area contributed by atoms with Gasteiger partial charge in [0.1, 0.15) is 5.84 Å². The molecule has 1 fully saturated rings. The van der Waals surface area contributed by atoms with Crippen molar-refractivity contribution in [3.63, 3.8) is 0 Å². The van der Waals surface area contributed by atoms with Gasteiger partial charge in [-0.1, -0.05) is 38.3 Å². The van der Waals surface area contributed by atoms with Gasteiger partial charge in [0.05, 0.1) is 0 Å². The minimum atomic E-state index is 0.101. The standard InChI is InChI=1S/C12H25N3O/c1-9-5-3-4-6-11(9)8-14-7-10(2)12(13)15-16/h9-11,14,16H,3-8H2,1-2H3,(H2,13,15). The molecule has 4 N–H and O–H groups in total. The molecule has 16 heavy (non-hydrogen) atoms. The van der Waals surface area contributed by atoms with Gasteiger partial charge in [0.15, 0.2) is 0 Å². The Labute approximate surface area is 98.3 Å². The van der Waals surface area contributed by atoms with Crippen LogP contribution in [-0.2, 0) is 0 Å². The lowest BCUT2D eigenvalue weighted by Crippen LogP contribution is -2.35. The van der Waals surface area contributed by atoms with Crippen molar-refractivity contribution in [3.05, 3.63) is 0 Å². The van der Waals surface area contributed by atoms with Gasteiger partial charge in [0, 0.05) is 12.5 Å². The monoisotopic (exact) mass is 227 g/mol. The number of oxime groups is 1. The second kappa shape index (κ2) is 6.74. The SMILES string of the molecule is CC(CNCC1CCCCC1C)C(N)=NO. The van der Waals surface area contributed by atoms with E-state index in [1.54, 1.807) is 0 Å². The minimum absolute atomic E-state index is 0.101. The van der Waals surface area contributed by atoms with Crippen LogP contribution in [0.5, 0.6) is 0 Å². The van der Waals surface area contributed by atoms with E-state index in [4.69, 9.17) is 10.9 Å². The van der Waals surface area contributed by atoms with E-state index in [1.165, 1.54) is 25.7 Å². The third-order valence-corrected chi connectivity index (χ3v) is 3.77. The summed E-state index contributed by atoms with van der Waals surface area (Å²) in [6.07, 6.45) is 5.46. The number of hydrogen-bond donors (Lipinski definition) is 3. The molecule has 0 saturated heterocycles. The Balaban J connectivity index is 2.19. The van der Waals surface area contributed by atoms with Crippen LogP contribution in [0, 0.1) is 17.8 Å². The Kier molecular flexibility index (Phi) is 5.60. The lowest BCUT2D eigenvalue weighted by atomic mass is 9.80. The molecule has 0 aromatic rings. The van der Waals surface area contributed by atoms with Crippen LogP contribution in [0.1, 0.15) is 39.5 Å². The van der Waals surface area contributed by atoms with Crippen molar-refractivity contribution in [3.8, 4) is 0 Å². The number of rotatable bonds is 5. The van der Waals surface area contributed by atoms with Gasteiger partial charge >= 0.3 is 0 Å². The van der Waals surface area contributed by atoms with Crippen molar-refractivity contribution >= 4 is 5.84 Å². The van der Waals surface area contributed by atoms with Crippen molar-refractivity contribution in [2.24, 2.45) is 28.6 Å². The molecule has 3 atom stereocenters. The summed E-state index contributed by atoms with van der Waals surface area (Å²) in [5.74, 6) is 2.04. The number of hydrogen-bond acceptors (Lipinski definition) is 3. The van der Waals surface area contributed by atoms with Crippen LogP contribution in [0.4, 0.5) is 0 Å². The first-order chi connectivity index (χ1) is 7.65. The van der Waals surface area contributed by atoms with Crippen molar-refractivity contribution in [1.29, 1.82) is 0 Å². The zero-order chi connectivity index (χ0) is 12.0. The van der Waals surface area contributed by atoms with E-state index in [0.29, 0.717) is 5.84 Å². The zero-order valence-electron chi connectivity index (χ0n) is 10.4. The maximum atomic E-state index is 8.53. The normalized spacial score (nSPS) is 29.0. The molecule has 1 aliphatic carbocycles. The summed E-state index contributed by atoms with van der Waals surface area (Å²) in [5.41, 5.74) is 5.52. The number of amidine groups is 1. The van der Waals surface area contributed by atoms with E-state index in [0.717, 1.165) is 24.9 Å². The van der Waals surface area contributed by atoms with Gasteiger partial charge in [0.2, 0.25) is 0 Å². The molecule has 4 nitrogen and oxygen atoms in total. The van der Waals surface area contributed by atoms with Crippen molar-refractivity contribution in [1.82, 2.24) is 5.32 Å². The van der Waals surface area contributed by atoms with E-state index in [9.17, 15) is 0 Å². The molecule has 0 spiro atoms. The Morgan fingerprint density at radius 2 is 2.19 bits per heavy atom. The maximum absolute atomic E-state index is 8.53. The Bertz CT molecular complexity index is 230. The predicted octanol–water partition coefficient (Wildman–Crippen LogP) is 1.78. The van der Waals surface area contributed by atoms with Crippen molar-refractivity contribution < 1.29 is 5.21 Å². The van der Waals surface area contributed by atoms with Crippen LogP contribution in [0.2, 0.25) is 0 Å². The van der Waals surface area contributed by atoms with Gasteiger partial charge in [-0.05, 0) is 24.8 Å². The van der Waals surface area contributed by atoms with Crippen LogP contribution >= 0.6 is 0 Å². The Hall–Kier alpha value is -0.770. The molecular weight excluding hydrogens is 202 g/mol. The molecule has 0 amide bonds. The second-order valence-electron chi connectivity index (χ2n) is 5.11. The summed E-state index contributed by atoms with van der Waals surface area (Å²) in [7, 11) is 0. The molecule has 1 rings (SSSR count). The molecule has 3 unspecified atom stereocenters. The largest absolute Gasteiger partial charge is 0.409 e. The van der Waals surface area contributed by atoms with Crippen LogP contribution in [0.3, 0.4) is 0 Å². The van der Waals surface area contributed by atoms with E-state index >= 15 is 0 Å². The molecule has 1 aliphatic rings. The smallest absolute Gasteiger partial charge is 0.143 e. The number of nitrogens with two attached hydrogens (primary N) is 1. The molecule has 1 saturated carbocycles. The van der Waals surface area contributed by atoms with Crippen LogP contribution in [0.25, 0.3) is 0 Å². The van der Waals surface area contributed by atoms with Gasteiger partial charge in [0.25, 0.3) is 0 Å². The molecule has 0 bridgehead atoms. The Morgan fingerprint density at radius 3 is 2.81 bits per heavy atom. The topological polar surface area (TPSA) is 70.6 Å². The number of nitrogens with one attached hydrogen (secondary N) is 1. The average molecular weight is 227 g/mol. The van der Waals surface area contributed by atoms with Gasteiger partial charge < -0.3 is 16.3 Å². The molecule has 0 aliphatic heterocycles. The summed E-state index contributed by atoms with van der Waals surface area (Å²) in [5, 5.41) is 15.0. The zero-order valence-corrected chi connectivity index (χ0v) is 10.4. The lowest BCUT2D eigenvalue weighted by molar-refractivity contribution is 0.247. The van der Waals surface area contributed by atoms with E-state index in [2.05, 4.69) is 17.4 Å². The third kappa shape index (κ3) is 4.00. The van der Waals surface area contributed by atoms with Gasteiger partial charge in [-0.25, -0.2) is 0 Å². The molecule has 0 heterocycles. The van der Waals surface area contributed by atoms with Crippen LogP contribution in [-0.4, -0.2) is 24.1 Å². The summed E-state index contributed by atoms with van der Waals surface area (Å²) in [6.45, 7) is 6.16. The summed E-state index contributed by atoms with van der Waals surface area (Å²) in [4.78, 5) is 0. The van der Waals surface area contributed by atoms with Crippen molar-refractivity contribution in [2.75, 3.05) is 13.1 Å². The highest BCUT2D eigenvalue weighted by molar-refractivity contribution is 5.82. The van der Waals surface area contributed by atoms with Crippen LogP contribution < -0.4 is 11.1 Å². The lowest BCUT2D eigenvalue weighted by Gasteiger charge is -2.29. The fraction of sp³-hybridized carbons (Fsp3) is 0.917. The molecule has 0 aromatic heterocycles. The van der Waals surface area contributed by atoms with Crippen LogP contribution in [0.15, 0.2) is 5.16 Å². The van der Waals surface area contributed by atoms with Crippen molar-refractivity contribution in [2.45, 2.75) is 39.5 Å². The fourth-order valence-electron chi connectivity index (χ4n) is 2.38. The summed E-state index contributed by atoms with van der Waals surface area (Å²) in [6, 6.07) is 0. The molecule has 4 heteroatoms. The van der Waals surface area contributed by atoms with E-state index < -0.39 is 0 Å². The number of nitrogens with zero attached hydrogens (tertiary/aromatic N) is 1. The Morgan fingerprint density at radius 1 is 1.50 bits per heavy atom. The quantitative estimate of drug-likeness (QED) is 0.290. The highest BCUT2D eigenvalue weighted by atomic mass is 16.4. The van der Waals surface area contributed by atoms with E-state index in [-0.39, 0.29) is 5.92 Å². The maximum Gasteiger partial charge on any atom is 0.143 e. The highest BCUT2D eigenvalue weighted by Crippen LogP contribution is 2.28. The van der Waals surface area contributed by atoms with Gasteiger partial charge in [-0.3, -0.25) is 0 Å². The third-order valence-electron chi connectivity index (χ3n) is 3.77. The van der Waals surface area contributed by atoms with Gasteiger partial charge in [-0.2, -0.15) is 0 Å². The molecule has 94 valence electrons.